The summed E-state index contributed by atoms with van der Waals surface area (Å²) in [5.74, 6) is 1.90. The van der Waals surface area contributed by atoms with E-state index in [0.29, 0.717) is 17.5 Å². The molecule has 6 heteroatoms. The third kappa shape index (κ3) is 6.06. The third-order valence-electron chi connectivity index (χ3n) is 10.5. The van der Waals surface area contributed by atoms with Crippen LogP contribution in [0.15, 0.2) is 192 Å². The number of furan rings is 1. The van der Waals surface area contributed by atoms with Gasteiger partial charge in [0, 0.05) is 33.5 Å². The van der Waals surface area contributed by atoms with Crippen molar-refractivity contribution in [3.05, 3.63) is 188 Å². The summed E-state index contributed by atoms with van der Waals surface area (Å²) in [5, 5.41) is 2.14. The average Bonchev–Trinajstić information content (AvgIpc) is 3.65. The first-order valence-electron chi connectivity index (χ1n) is 18.9. The van der Waals surface area contributed by atoms with Crippen molar-refractivity contribution in [2.45, 2.75) is 0 Å². The molecule has 3 aromatic heterocycles. The summed E-state index contributed by atoms with van der Waals surface area (Å²) in [6.07, 6.45) is 0. The van der Waals surface area contributed by atoms with Gasteiger partial charge in [-0.3, -0.25) is 0 Å². The maximum atomic E-state index is 6.12. The highest BCUT2D eigenvalue weighted by molar-refractivity contribution is 6.09. The van der Waals surface area contributed by atoms with Crippen LogP contribution in [-0.4, -0.2) is 24.9 Å². The lowest BCUT2D eigenvalue weighted by atomic mass is 9.99. The van der Waals surface area contributed by atoms with Crippen molar-refractivity contribution in [3.63, 3.8) is 0 Å². The summed E-state index contributed by atoms with van der Waals surface area (Å²) in [4.78, 5) is 24.8. The van der Waals surface area contributed by atoms with Crippen molar-refractivity contribution in [1.82, 2.24) is 24.9 Å². The van der Waals surface area contributed by atoms with Crippen LogP contribution in [0, 0.1) is 0 Å². The standard InChI is InChI=1S/C51H31N5O/c1-3-9-32(10-4-1)33-19-23-38(24-20-33)50-54-49(37-11-5-2-6-12-37)55-51(56-50)39-25-21-35(22-26-39)34-15-17-36(18-16-34)40-27-28-43-44(29-40)53-46-31-48-42(30-45(46)52-43)41-13-7-8-14-47(41)57-48/h1-31H. The molecule has 0 radical (unpaired) electrons. The molecule has 0 aliphatic heterocycles. The fourth-order valence-electron chi connectivity index (χ4n) is 7.53. The van der Waals surface area contributed by atoms with Gasteiger partial charge in [-0.1, -0.05) is 158 Å². The van der Waals surface area contributed by atoms with E-state index in [4.69, 9.17) is 29.3 Å². The average molecular weight is 730 g/mol. The van der Waals surface area contributed by atoms with E-state index in [1.807, 2.05) is 60.7 Å². The molecule has 0 atom stereocenters. The van der Waals surface area contributed by atoms with Crippen LogP contribution in [0.2, 0.25) is 0 Å². The van der Waals surface area contributed by atoms with Crippen molar-refractivity contribution >= 4 is 44.0 Å². The molecule has 0 bridgehead atoms. The van der Waals surface area contributed by atoms with Crippen LogP contribution in [0.25, 0.3) is 112 Å². The second kappa shape index (κ2) is 13.5. The summed E-state index contributed by atoms with van der Waals surface area (Å²) >= 11 is 0. The van der Waals surface area contributed by atoms with E-state index in [-0.39, 0.29) is 0 Å². The monoisotopic (exact) mass is 729 g/mol. The van der Waals surface area contributed by atoms with Gasteiger partial charge in [0.2, 0.25) is 0 Å². The molecule has 0 fully saturated rings. The molecule has 0 amide bonds. The van der Waals surface area contributed by atoms with Gasteiger partial charge in [0.05, 0.1) is 22.1 Å². The Morgan fingerprint density at radius 3 is 1.25 bits per heavy atom. The van der Waals surface area contributed by atoms with Crippen molar-refractivity contribution in [2.75, 3.05) is 0 Å². The molecule has 0 aliphatic rings. The van der Waals surface area contributed by atoms with Crippen LogP contribution < -0.4 is 0 Å². The highest BCUT2D eigenvalue weighted by Crippen LogP contribution is 2.34. The number of fused-ring (bicyclic) bond motifs is 5. The van der Waals surface area contributed by atoms with E-state index in [9.17, 15) is 0 Å². The molecule has 0 unspecified atom stereocenters. The summed E-state index contributed by atoms with van der Waals surface area (Å²) in [7, 11) is 0. The number of para-hydroxylation sites is 1. The van der Waals surface area contributed by atoms with Crippen LogP contribution in [0.5, 0.6) is 0 Å². The minimum absolute atomic E-state index is 0.627. The van der Waals surface area contributed by atoms with Gasteiger partial charge in [-0.2, -0.15) is 0 Å². The Labute approximate surface area is 327 Å². The number of hydrogen-bond acceptors (Lipinski definition) is 6. The topological polar surface area (TPSA) is 77.6 Å². The van der Waals surface area contributed by atoms with Gasteiger partial charge >= 0.3 is 0 Å². The zero-order chi connectivity index (χ0) is 37.7. The molecule has 11 aromatic rings. The first kappa shape index (κ1) is 32.6. The molecule has 8 aromatic carbocycles. The van der Waals surface area contributed by atoms with Crippen molar-refractivity contribution in [1.29, 1.82) is 0 Å². The Morgan fingerprint density at radius 2 is 0.649 bits per heavy atom. The van der Waals surface area contributed by atoms with Crippen molar-refractivity contribution < 1.29 is 4.42 Å². The van der Waals surface area contributed by atoms with E-state index in [1.54, 1.807) is 0 Å². The molecule has 0 spiro atoms. The maximum absolute atomic E-state index is 6.12. The maximum Gasteiger partial charge on any atom is 0.164 e. The molecule has 0 N–H and O–H groups in total. The number of nitrogens with zero attached hydrogens (tertiary/aromatic N) is 5. The smallest absolute Gasteiger partial charge is 0.164 e. The predicted molar refractivity (Wildman–Crippen MR) is 230 cm³/mol. The molecule has 3 heterocycles. The summed E-state index contributed by atoms with van der Waals surface area (Å²) in [5.41, 5.74) is 14.6. The second-order valence-corrected chi connectivity index (χ2v) is 14.1. The van der Waals surface area contributed by atoms with E-state index >= 15 is 0 Å². The SMILES string of the molecule is c1ccc(-c2ccc(-c3nc(-c4ccccc4)nc(-c4ccc(-c5ccc(-c6ccc7nc8cc9c(cc8nc7c6)oc6ccccc69)cc5)cc4)n3)cc2)cc1. The van der Waals surface area contributed by atoms with Crippen LogP contribution in [-0.2, 0) is 0 Å². The molecule has 11 rings (SSSR count). The molecule has 266 valence electrons. The van der Waals surface area contributed by atoms with Gasteiger partial charge in [0.25, 0.3) is 0 Å². The highest BCUT2D eigenvalue weighted by Gasteiger charge is 2.14. The second-order valence-electron chi connectivity index (χ2n) is 14.1. The Hall–Kier alpha value is -7.83. The van der Waals surface area contributed by atoms with E-state index < -0.39 is 0 Å². The molecule has 0 saturated heterocycles. The van der Waals surface area contributed by atoms with Gasteiger partial charge in [-0.15, -0.1) is 0 Å². The summed E-state index contributed by atoms with van der Waals surface area (Å²) in [6, 6.07) is 64.3. The fourth-order valence-corrected chi connectivity index (χ4v) is 7.53. The summed E-state index contributed by atoms with van der Waals surface area (Å²) < 4.78 is 6.12. The first-order valence-corrected chi connectivity index (χ1v) is 18.9. The van der Waals surface area contributed by atoms with Crippen molar-refractivity contribution in [2.24, 2.45) is 0 Å². The van der Waals surface area contributed by atoms with Crippen LogP contribution in [0.4, 0.5) is 0 Å². The molecule has 57 heavy (non-hydrogen) atoms. The lowest BCUT2D eigenvalue weighted by Crippen LogP contribution is -2.00. The van der Waals surface area contributed by atoms with Gasteiger partial charge in [0.1, 0.15) is 11.2 Å². The molecular formula is C51H31N5O. The predicted octanol–water partition coefficient (Wildman–Crippen LogP) is 12.9. The number of benzene rings is 8. The number of hydrogen-bond donors (Lipinski definition) is 0. The van der Waals surface area contributed by atoms with Gasteiger partial charge in [0.15, 0.2) is 17.5 Å². The van der Waals surface area contributed by atoms with Crippen LogP contribution >= 0.6 is 0 Å². The molecular weight excluding hydrogens is 699 g/mol. The van der Waals surface area contributed by atoms with Gasteiger partial charge < -0.3 is 4.42 Å². The first-order chi connectivity index (χ1) is 28.2. The number of rotatable bonds is 6. The fraction of sp³-hybridized carbons (Fsp3) is 0. The highest BCUT2D eigenvalue weighted by atomic mass is 16.3. The number of aromatic nitrogens is 5. The summed E-state index contributed by atoms with van der Waals surface area (Å²) in [6.45, 7) is 0. The molecule has 0 aliphatic carbocycles. The lowest BCUT2D eigenvalue weighted by molar-refractivity contribution is 0.669. The Kier molecular flexibility index (Phi) is 7.71. The van der Waals surface area contributed by atoms with Crippen LogP contribution in [0.3, 0.4) is 0 Å². The van der Waals surface area contributed by atoms with Crippen molar-refractivity contribution in [3.8, 4) is 67.5 Å². The Morgan fingerprint density at radius 1 is 0.246 bits per heavy atom. The van der Waals surface area contributed by atoms with Crippen LogP contribution in [0.1, 0.15) is 0 Å². The van der Waals surface area contributed by atoms with Gasteiger partial charge in [-0.25, -0.2) is 24.9 Å². The minimum atomic E-state index is 0.627. The zero-order valence-electron chi connectivity index (χ0n) is 30.5. The van der Waals surface area contributed by atoms with Gasteiger partial charge in [-0.05, 0) is 57.6 Å². The molecule has 6 nitrogen and oxygen atoms in total. The molecule has 0 saturated carbocycles. The van der Waals surface area contributed by atoms with E-state index in [2.05, 4.69) is 127 Å². The Bertz CT molecular complexity index is 3250. The lowest BCUT2D eigenvalue weighted by Gasteiger charge is -2.10. The third-order valence-corrected chi connectivity index (χ3v) is 10.5. The zero-order valence-corrected chi connectivity index (χ0v) is 30.5. The Balaban J connectivity index is 0.879. The van der Waals surface area contributed by atoms with E-state index in [0.717, 1.165) is 88.5 Å². The quantitative estimate of drug-likeness (QED) is 0.159. The normalized spacial score (nSPS) is 11.5. The van der Waals surface area contributed by atoms with E-state index in [1.165, 1.54) is 5.56 Å². The minimum Gasteiger partial charge on any atom is -0.456 e. The largest absolute Gasteiger partial charge is 0.456 e.